The van der Waals surface area contributed by atoms with Gasteiger partial charge >= 0.3 is 0 Å². The molecule has 72 valence electrons. The summed E-state index contributed by atoms with van der Waals surface area (Å²) >= 11 is 0. The molecule has 4 heteroatoms. The summed E-state index contributed by atoms with van der Waals surface area (Å²) in [6, 6.07) is 5.56. The number of halogens is 1. The first-order chi connectivity index (χ1) is 5.90. The Morgan fingerprint density at radius 1 is 1.31 bits per heavy atom. The number of rotatable bonds is 2. The number of aryl methyl sites for hydroxylation is 1. The minimum absolute atomic E-state index is 0.0952. The Bertz CT molecular complexity index is 410. The van der Waals surface area contributed by atoms with Crippen LogP contribution in [0, 0.1) is 13.8 Å². The Hall–Kier alpha value is -0.540. The second kappa shape index (κ2) is 3.68. The van der Waals surface area contributed by atoms with Gasteiger partial charge in [0.05, 0.1) is 5.75 Å². The molecule has 0 aromatic heterocycles. The van der Waals surface area contributed by atoms with Crippen molar-refractivity contribution < 1.29 is 8.42 Å². The fourth-order valence-corrected chi connectivity index (χ4v) is 2.19. The third-order valence-corrected chi connectivity index (χ3v) is 3.03. The molecule has 1 rings (SSSR count). The lowest BCUT2D eigenvalue weighted by Gasteiger charge is -2.05. The van der Waals surface area contributed by atoms with Crippen LogP contribution in [0.15, 0.2) is 18.2 Å². The van der Waals surface area contributed by atoms with Crippen LogP contribution in [0.2, 0.25) is 0 Å². The van der Waals surface area contributed by atoms with Crippen LogP contribution in [0.5, 0.6) is 0 Å². The highest BCUT2D eigenvalue weighted by atomic mass is 35.7. The van der Waals surface area contributed by atoms with Crippen molar-refractivity contribution in [1.29, 1.82) is 0 Å². The molecule has 0 fully saturated rings. The average molecular weight is 219 g/mol. The van der Waals surface area contributed by atoms with Gasteiger partial charge in [-0.25, -0.2) is 8.42 Å². The molecule has 0 aliphatic heterocycles. The van der Waals surface area contributed by atoms with E-state index in [9.17, 15) is 8.42 Å². The normalized spacial score (nSPS) is 11.6. The number of hydrogen-bond donors (Lipinski definition) is 0. The Morgan fingerprint density at radius 3 is 2.46 bits per heavy atom. The summed E-state index contributed by atoms with van der Waals surface area (Å²) in [5, 5.41) is 0. The minimum atomic E-state index is -3.44. The molecule has 0 aliphatic carbocycles. The standard InChI is InChI=1S/C9H11ClO2S/c1-7-4-3-5-9(8(7)2)6-13(10,11)12/h3-5H,6H2,1-2H3. The molecule has 0 heterocycles. The highest BCUT2D eigenvalue weighted by Crippen LogP contribution is 2.16. The van der Waals surface area contributed by atoms with E-state index in [1.54, 1.807) is 6.07 Å². The number of benzene rings is 1. The quantitative estimate of drug-likeness (QED) is 0.715. The third kappa shape index (κ3) is 3.01. The van der Waals surface area contributed by atoms with Crippen molar-refractivity contribution in [1.82, 2.24) is 0 Å². The Balaban J connectivity index is 3.10. The van der Waals surface area contributed by atoms with Crippen molar-refractivity contribution in [2.24, 2.45) is 0 Å². The van der Waals surface area contributed by atoms with E-state index in [4.69, 9.17) is 10.7 Å². The molecule has 0 N–H and O–H groups in total. The van der Waals surface area contributed by atoms with E-state index in [0.717, 1.165) is 16.7 Å². The molecule has 0 saturated carbocycles. The van der Waals surface area contributed by atoms with Gasteiger partial charge in [-0.3, -0.25) is 0 Å². The van der Waals surface area contributed by atoms with Gasteiger partial charge in [0, 0.05) is 10.7 Å². The van der Waals surface area contributed by atoms with Crippen LogP contribution in [0.3, 0.4) is 0 Å². The summed E-state index contributed by atoms with van der Waals surface area (Å²) in [5.74, 6) is -0.0952. The maximum absolute atomic E-state index is 10.8. The predicted octanol–water partition coefficient (Wildman–Crippen LogP) is 2.37. The number of hydrogen-bond acceptors (Lipinski definition) is 2. The molecule has 0 aliphatic rings. The molecular formula is C9H11ClO2S. The van der Waals surface area contributed by atoms with Gasteiger partial charge in [-0.1, -0.05) is 18.2 Å². The minimum Gasteiger partial charge on any atom is -0.212 e. The topological polar surface area (TPSA) is 34.1 Å². The first-order valence-electron chi connectivity index (χ1n) is 3.87. The molecule has 0 amide bonds. The van der Waals surface area contributed by atoms with Crippen LogP contribution in [-0.2, 0) is 14.8 Å². The Kier molecular flexibility index (Phi) is 2.98. The molecule has 0 radical (unpaired) electrons. The molecule has 0 bridgehead atoms. The highest BCUT2D eigenvalue weighted by Gasteiger charge is 2.09. The monoisotopic (exact) mass is 218 g/mol. The molecule has 2 nitrogen and oxygen atoms in total. The predicted molar refractivity (Wildman–Crippen MR) is 54.4 cm³/mol. The van der Waals surface area contributed by atoms with E-state index in [2.05, 4.69) is 0 Å². The molecule has 13 heavy (non-hydrogen) atoms. The van der Waals surface area contributed by atoms with Gasteiger partial charge in [0.25, 0.3) is 0 Å². The van der Waals surface area contributed by atoms with Crippen LogP contribution in [-0.4, -0.2) is 8.42 Å². The van der Waals surface area contributed by atoms with Crippen molar-refractivity contribution in [3.8, 4) is 0 Å². The van der Waals surface area contributed by atoms with Crippen LogP contribution in [0.4, 0.5) is 0 Å². The fourth-order valence-electron chi connectivity index (χ4n) is 1.15. The van der Waals surface area contributed by atoms with Gasteiger partial charge in [-0.05, 0) is 30.5 Å². The van der Waals surface area contributed by atoms with Crippen LogP contribution in [0.1, 0.15) is 16.7 Å². The zero-order chi connectivity index (χ0) is 10.1. The average Bonchev–Trinajstić information content (AvgIpc) is 1.96. The lowest BCUT2D eigenvalue weighted by atomic mass is 10.1. The summed E-state index contributed by atoms with van der Waals surface area (Å²) in [4.78, 5) is 0. The van der Waals surface area contributed by atoms with Gasteiger partial charge in [0.2, 0.25) is 9.05 Å². The lowest BCUT2D eigenvalue weighted by Crippen LogP contribution is -1.98. The van der Waals surface area contributed by atoms with E-state index in [1.807, 2.05) is 26.0 Å². The van der Waals surface area contributed by atoms with E-state index in [-0.39, 0.29) is 5.75 Å². The van der Waals surface area contributed by atoms with Crippen LogP contribution in [0.25, 0.3) is 0 Å². The first-order valence-corrected chi connectivity index (χ1v) is 6.35. The Morgan fingerprint density at radius 2 is 1.92 bits per heavy atom. The van der Waals surface area contributed by atoms with E-state index < -0.39 is 9.05 Å². The van der Waals surface area contributed by atoms with E-state index in [0.29, 0.717) is 0 Å². The second-order valence-corrected chi connectivity index (χ2v) is 5.82. The van der Waals surface area contributed by atoms with Crippen LogP contribution < -0.4 is 0 Å². The third-order valence-electron chi connectivity index (χ3n) is 2.04. The molecule has 0 saturated heterocycles. The summed E-state index contributed by atoms with van der Waals surface area (Å²) in [7, 11) is 1.72. The van der Waals surface area contributed by atoms with Gasteiger partial charge in [-0.15, -0.1) is 0 Å². The largest absolute Gasteiger partial charge is 0.236 e. The van der Waals surface area contributed by atoms with Gasteiger partial charge in [0.15, 0.2) is 0 Å². The van der Waals surface area contributed by atoms with Gasteiger partial charge in [0.1, 0.15) is 0 Å². The summed E-state index contributed by atoms with van der Waals surface area (Å²) < 4.78 is 21.7. The van der Waals surface area contributed by atoms with E-state index >= 15 is 0 Å². The second-order valence-electron chi connectivity index (χ2n) is 3.04. The van der Waals surface area contributed by atoms with Gasteiger partial charge in [-0.2, -0.15) is 0 Å². The molecule has 0 atom stereocenters. The summed E-state index contributed by atoms with van der Waals surface area (Å²) in [5.41, 5.74) is 2.85. The molecule has 1 aromatic rings. The smallest absolute Gasteiger partial charge is 0.212 e. The van der Waals surface area contributed by atoms with Crippen molar-refractivity contribution in [2.75, 3.05) is 0 Å². The zero-order valence-corrected chi connectivity index (χ0v) is 9.11. The van der Waals surface area contributed by atoms with Crippen molar-refractivity contribution in [2.45, 2.75) is 19.6 Å². The fraction of sp³-hybridized carbons (Fsp3) is 0.333. The van der Waals surface area contributed by atoms with E-state index in [1.165, 1.54) is 0 Å². The molecule has 0 unspecified atom stereocenters. The van der Waals surface area contributed by atoms with Crippen molar-refractivity contribution in [3.63, 3.8) is 0 Å². The summed E-state index contributed by atoms with van der Waals surface area (Å²) in [6.45, 7) is 3.84. The highest BCUT2D eigenvalue weighted by molar-refractivity contribution is 8.13. The maximum atomic E-state index is 10.8. The van der Waals surface area contributed by atoms with Crippen LogP contribution >= 0.6 is 10.7 Å². The maximum Gasteiger partial charge on any atom is 0.236 e. The SMILES string of the molecule is Cc1cccc(CS(=O)(=O)Cl)c1C. The summed E-state index contributed by atoms with van der Waals surface area (Å²) in [6.07, 6.45) is 0. The lowest BCUT2D eigenvalue weighted by molar-refractivity contribution is 0.608. The zero-order valence-electron chi connectivity index (χ0n) is 7.54. The van der Waals surface area contributed by atoms with Crippen molar-refractivity contribution in [3.05, 3.63) is 34.9 Å². The van der Waals surface area contributed by atoms with Crippen molar-refractivity contribution >= 4 is 19.7 Å². The first kappa shape index (κ1) is 10.5. The molecule has 1 aromatic carbocycles. The molecular weight excluding hydrogens is 208 g/mol. The molecule has 0 spiro atoms. The Labute approximate surface area is 83.0 Å². The van der Waals surface area contributed by atoms with Gasteiger partial charge < -0.3 is 0 Å².